The molecular formula is C20H22N2OS. The molecule has 0 amide bonds. The highest BCUT2D eigenvalue weighted by Gasteiger charge is 2.39. The molecule has 2 aliphatic heterocycles. The van der Waals surface area contributed by atoms with Crippen molar-refractivity contribution in [1.29, 1.82) is 0 Å². The van der Waals surface area contributed by atoms with Crippen LogP contribution in [0.1, 0.15) is 35.6 Å². The van der Waals surface area contributed by atoms with Gasteiger partial charge >= 0.3 is 0 Å². The molecule has 0 fully saturated rings. The molecule has 0 saturated heterocycles. The number of hydrogen-bond donors (Lipinski definition) is 0. The maximum atomic E-state index is 6.26. The first-order valence-corrected chi connectivity index (χ1v) is 9.83. The number of thioether (sulfide) groups is 1. The Bertz CT molecular complexity index is 756. The summed E-state index contributed by atoms with van der Waals surface area (Å²) in [4.78, 5) is 0. The van der Waals surface area contributed by atoms with Gasteiger partial charge in [-0.2, -0.15) is 16.9 Å². The second kappa shape index (κ2) is 6.52. The maximum absolute atomic E-state index is 6.26. The van der Waals surface area contributed by atoms with E-state index in [0.717, 1.165) is 30.1 Å². The quantitative estimate of drug-likeness (QED) is 0.813. The average molecular weight is 338 g/mol. The van der Waals surface area contributed by atoms with Crippen LogP contribution in [0.15, 0.2) is 53.6 Å². The first-order chi connectivity index (χ1) is 11.8. The van der Waals surface area contributed by atoms with Crippen molar-refractivity contribution in [3.05, 3.63) is 65.2 Å². The average Bonchev–Trinajstić information content (AvgIpc) is 3.06. The predicted molar refractivity (Wildman–Crippen MR) is 101 cm³/mol. The fourth-order valence-electron chi connectivity index (χ4n) is 3.44. The van der Waals surface area contributed by atoms with Crippen LogP contribution in [-0.4, -0.2) is 29.0 Å². The van der Waals surface area contributed by atoms with Crippen molar-refractivity contribution in [3.63, 3.8) is 0 Å². The highest BCUT2D eigenvalue weighted by atomic mass is 32.2. The van der Waals surface area contributed by atoms with Crippen LogP contribution in [-0.2, 0) is 0 Å². The zero-order chi connectivity index (χ0) is 16.5. The Kier molecular flexibility index (Phi) is 4.23. The Morgan fingerprint density at radius 3 is 2.75 bits per heavy atom. The largest absolute Gasteiger partial charge is 0.469 e. The van der Waals surface area contributed by atoms with Crippen LogP contribution in [0.3, 0.4) is 0 Å². The second-order valence-corrected chi connectivity index (χ2v) is 7.39. The van der Waals surface area contributed by atoms with E-state index >= 15 is 0 Å². The van der Waals surface area contributed by atoms with E-state index in [4.69, 9.17) is 9.84 Å². The summed E-state index contributed by atoms with van der Waals surface area (Å²) >= 11 is 1.85. The number of hydrogen-bond acceptors (Lipinski definition) is 4. The summed E-state index contributed by atoms with van der Waals surface area (Å²) in [7, 11) is 0. The number of hydrazone groups is 1. The van der Waals surface area contributed by atoms with E-state index in [1.54, 1.807) is 0 Å². The minimum atomic E-state index is 0.0281. The molecule has 2 heterocycles. The van der Waals surface area contributed by atoms with Gasteiger partial charge in [-0.25, -0.2) is 0 Å². The van der Waals surface area contributed by atoms with E-state index in [-0.39, 0.29) is 12.3 Å². The fourth-order valence-corrected chi connectivity index (χ4v) is 3.88. The van der Waals surface area contributed by atoms with Crippen molar-refractivity contribution in [2.75, 3.05) is 12.0 Å². The van der Waals surface area contributed by atoms with Gasteiger partial charge in [-0.05, 0) is 30.6 Å². The summed E-state index contributed by atoms with van der Waals surface area (Å²) in [6.07, 6.45) is 4.09. The Morgan fingerprint density at radius 1 is 1.17 bits per heavy atom. The third kappa shape index (κ3) is 2.80. The summed E-state index contributed by atoms with van der Waals surface area (Å²) in [5, 5.41) is 7.15. The number of ether oxygens (including phenoxy) is 1. The number of fused-ring (bicyclic) bond motifs is 3. The molecule has 0 aliphatic carbocycles. The Labute approximate surface area is 147 Å². The fraction of sp³-hybridized carbons (Fsp3) is 0.350. The molecule has 0 spiro atoms. The molecule has 2 atom stereocenters. The molecule has 124 valence electrons. The molecular weight excluding hydrogens is 316 g/mol. The lowest BCUT2D eigenvalue weighted by molar-refractivity contribution is -0.0180. The van der Waals surface area contributed by atoms with Gasteiger partial charge in [0.1, 0.15) is 5.75 Å². The zero-order valence-electron chi connectivity index (χ0n) is 14.1. The molecule has 2 aromatic carbocycles. The van der Waals surface area contributed by atoms with Gasteiger partial charge in [-0.3, -0.25) is 5.01 Å². The first-order valence-electron chi connectivity index (χ1n) is 8.43. The van der Waals surface area contributed by atoms with E-state index in [9.17, 15) is 0 Å². The molecule has 0 saturated carbocycles. The summed E-state index contributed by atoms with van der Waals surface area (Å²) in [6, 6.07) is 17.4. The molecule has 24 heavy (non-hydrogen) atoms. The molecule has 3 nitrogen and oxygen atoms in total. The van der Waals surface area contributed by atoms with Crippen molar-refractivity contribution >= 4 is 17.5 Å². The molecule has 2 aromatic rings. The van der Waals surface area contributed by atoms with Crippen molar-refractivity contribution in [3.8, 4) is 5.75 Å². The van der Waals surface area contributed by atoms with Crippen molar-refractivity contribution in [1.82, 2.24) is 5.01 Å². The standard InChI is InChI=1S/C20H22N2OS/c1-14-7-9-15(10-8-14)17-13-18-16-5-3-4-6-19(16)23-20(11-12-24-2)22(18)21-17/h3-10,18,20H,11-13H2,1-2H3/t18-,20-/m1/s1. The van der Waals surface area contributed by atoms with E-state index in [1.165, 1.54) is 16.7 Å². The molecule has 0 bridgehead atoms. The lowest BCUT2D eigenvalue weighted by atomic mass is 9.96. The van der Waals surface area contributed by atoms with Gasteiger partial charge in [0.15, 0.2) is 6.23 Å². The van der Waals surface area contributed by atoms with Crippen molar-refractivity contribution < 1.29 is 4.74 Å². The molecule has 4 heteroatoms. The van der Waals surface area contributed by atoms with Gasteiger partial charge in [-0.15, -0.1) is 0 Å². The van der Waals surface area contributed by atoms with Crippen LogP contribution in [0.4, 0.5) is 0 Å². The van der Waals surface area contributed by atoms with E-state index in [2.05, 4.69) is 66.7 Å². The SMILES string of the molecule is CSCC[C@H]1Oc2ccccc2[C@H]2CC(c3ccc(C)cc3)=NN21. The van der Waals surface area contributed by atoms with Crippen molar-refractivity contribution in [2.24, 2.45) is 5.10 Å². The van der Waals surface area contributed by atoms with Gasteiger partial charge in [-0.1, -0.05) is 48.0 Å². The summed E-state index contributed by atoms with van der Waals surface area (Å²) in [5.41, 5.74) is 4.91. The smallest absolute Gasteiger partial charge is 0.188 e. The number of para-hydroxylation sites is 1. The predicted octanol–water partition coefficient (Wildman–Crippen LogP) is 4.62. The van der Waals surface area contributed by atoms with Crippen LogP contribution >= 0.6 is 11.8 Å². The third-order valence-corrected chi connectivity index (χ3v) is 5.38. The summed E-state index contributed by atoms with van der Waals surface area (Å²) in [5.74, 6) is 2.09. The van der Waals surface area contributed by atoms with Gasteiger partial charge in [0, 0.05) is 18.4 Å². The lowest BCUT2D eigenvalue weighted by Gasteiger charge is -2.38. The minimum Gasteiger partial charge on any atom is -0.469 e. The van der Waals surface area contributed by atoms with Crippen LogP contribution in [0.25, 0.3) is 0 Å². The van der Waals surface area contributed by atoms with Gasteiger partial charge in [0.25, 0.3) is 0 Å². The molecule has 0 unspecified atom stereocenters. The molecule has 0 aromatic heterocycles. The Morgan fingerprint density at radius 2 is 1.96 bits per heavy atom. The van der Waals surface area contributed by atoms with Crippen molar-refractivity contribution in [2.45, 2.75) is 32.0 Å². The summed E-state index contributed by atoms with van der Waals surface area (Å²) < 4.78 is 6.26. The molecule has 0 radical (unpaired) electrons. The van der Waals surface area contributed by atoms with Crippen LogP contribution < -0.4 is 4.74 Å². The van der Waals surface area contributed by atoms with E-state index in [0.29, 0.717) is 0 Å². The minimum absolute atomic E-state index is 0.0281. The maximum Gasteiger partial charge on any atom is 0.188 e. The number of rotatable bonds is 4. The van der Waals surface area contributed by atoms with E-state index in [1.807, 2.05) is 11.8 Å². The number of benzene rings is 2. The van der Waals surface area contributed by atoms with Gasteiger partial charge < -0.3 is 4.74 Å². The number of nitrogens with zero attached hydrogens (tertiary/aromatic N) is 2. The van der Waals surface area contributed by atoms with Gasteiger partial charge in [0.05, 0.1) is 11.8 Å². The molecule has 4 rings (SSSR count). The monoisotopic (exact) mass is 338 g/mol. The lowest BCUT2D eigenvalue weighted by Crippen LogP contribution is -2.40. The number of aryl methyl sites for hydroxylation is 1. The molecule has 2 aliphatic rings. The molecule has 0 N–H and O–H groups in total. The third-order valence-electron chi connectivity index (χ3n) is 4.73. The first kappa shape index (κ1) is 15.6. The van der Waals surface area contributed by atoms with Crippen LogP contribution in [0.2, 0.25) is 0 Å². The highest BCUT2D eigenvalue weighted by Crippen LogP contribution is 2.43. The zero-order valence-corrected chi connectivity index (χ0v) is 14.9. The topological polar surface area (TPSA) is 24.8 Å². The normalized spacial score (nSPS) is 21.8. The van der Waals surface area contributed by atoms with Crippen LogP contribution in [0.5, 0.6) is 5.75 Å². The highest BCUT2D eigenvalue weighted by molar-refractivity contribution is 7.98. The van der Waals surface area contributed by atoms with Gasteiger partial charge in [0.2, 0.25) is 0 Å². The Hall–Kier alpha value is -1.94. The Balaban J connectivity index is 1.68. The second-order valence-electron chi connectivity index (χ2n) is 6.40. The summed E-state index contributed by atoms with van der Waals surface area (Å²) in [6.45, 7) is 2.12. The van der Waals surface area contributed by atoms with E-state index < -0.39 is 0 Å². The van der Waals surface area contributed by atoms with Crippen LogP contribution in [0, 0.1) is 6.92 Å².